The van der Waals surface area contributed by atoms with Crippen molar-refractivity contribution in [1.29, 1.82) is 0 Å². The Morgan fingerprint density at radius 1 is 0.980 bits per heavy atom. The van der Waals surface area contributed by atoms with Crippen molar-refractivity contribution in [3.63, 3.8) is 0 Å². The summed E-state index contributed by atoms with van der Waals surface area (Å²) in [5, 5.41) is 8.90. The monoisotopic (exact) mass is 726 g/mol. The number of methoxy groups -OCH3 is 2. The van der Waals surface area contributed by atoms with E-state index in [2.05, 4.69) is 82.2 Å². The number of oxime groups is 2. The number of carbonyl (C=O) groups is 1. The third-order valence-electron chi connectivity index (χ3n) is 10.0. The van der Waals surface area contributed by atoms with Gasteiger partial charge in [-0.2, -0.15) is 0 Å². The van der Waals surface area contributed by atoms with Crippen LogP contribution in [-0.4, -0.2) is 131 Å². The first kappa shape index (κ1) is 39.0. The number of ether oxygens (including phenoxy) is 5. The van der Waals surface area contributed by atoms with Gasteiger partial charge in [0.15, 0.2) is 12.9 Å². The Morgan fingerprint density at radius 2 is 1.71 bits per heavy atom. The fourth-order valence-corrected chi connectivity index (χ4v) is 7.64. The van der Waals surface area contributed by atoms with E-state index in [0.717, 1.165) is 79.0 Å². The molecule has 3 fully saturated rings. The minimum Gasteiger partial charge on any atom is -0.496 e. The van der Waals surface area contributed by atoms with Crippen molar-refractivity contribution in [2.75, 3.05) is 86.3 Å². The Kier molecular flexibility index (Phi) is 14.2. The standard InChI is InChI=1S/C21H32N2O4S.C17H22N2O4/c1-21(2,23-10-6-5-7-11-23)20(22-27-15-19-25-12-13-26-19)16-8-9-18(28-4)17(14-16)24-3;1-17(19-7-9-22-10-8-19)11-13-5-3-4-6-14(13)16(17)18-23-12-15(20)21-2/h8-9,14,19H,5-7,10-13,15H2,1-4H3;3-6H,7-12H2,1-2H3. The van der Waals surface area contributed by atoms with Gasteiger partial charge in [-0.05, 0) is 77.1 Å². The molecule has 0 spiro atoms. The third-order valence-corrected chi connectivity index (χ3v) is 10.8. The number of hydrogen-bond acceptors (Lipinski definition) is 13. The number of likely N-dealkylation sites (tertiary alicyclic amines) is 1. The molecule has 1 unspecified atom stereocenters. The van der Waals surface area contributed by atoms with Gasteiger partial charge in [-0.1, -0.05) is 47.1 Å². The van der Waals surface area contributed by atoms with Gasteiger partial charge in [0.25, 0.3) is 0 Å². The molecular formula is C38H54N4O8S. The van der Waals surface area contributed by atoms with Crippen LogP contribution < -0.4 is 4.74 Å². The molecule has 12 nitrogen and oxygen atoms in total. The second-order valence-electron chi connectivity index (χ2n) is 13.6. The summed E-state index contributed by atoms with van der Waals surface area (Å²) in [4.78, 5) is 28.2. The maximum Gasteiger partial charge on any atom is 0.346 e. The lowest BCUT2D eigenvalue weighted by molar-refractivity contribution is -0.145. The molecule has 0 saturated carbocycles. The summed E-state index contributed by atoms with van der Waals surface area (Å²) >= 11 is 1.67. The fraction of sp³-hybridized carbons (Fsp3) is 0.605. The number of piperidine rings is 1. The third kappa shape index (κ3) is 9.62. The number of hydrogen-bond donors (Lipinski definition) is 0. The summed E-state index contributed by atoms with van der Waals surface area (Å²) in [7, 11) is 3.04. The quantitative estimate of drug-likeness (QED) is 0.128. The average molecular weight is 727 g/mol. The van der Waals surface area contributed by atoms with Crippen LogP contribution in [0.4, 0.5) is 0 Å². The summed E-state index contributed by atoms with van der Waals surface area (Å²) in [6.45, 7) is 13.3. The van der Waals surface area contributed by atoms with E-state index < -0.39 is 5.97 Å². The van der Waals surface area contributed by atoms with Crippen LogP contribution >= 0.6 is 11.8 Å². The first-order valence-electron chi connectivity index (χ1n) is 17.8. The maximum absolute atomic E-state index is 11.3. The molecule has 2 aromatic rings. The van der Waals surface area contributed by atoms with Crippen molar-refractivity contribution in [1.82, 2.24) is 9.80 Å². The maximum atomic E-state index is 11.3. The average Bonchev–Trinajstić information content (AvgIpc) is 3.80. The highest BCUT2D eigenvalue weighted by Crippen LogP contribution is 2.36. The second-order valence-corrected chi connectivity index (χ2v) is 14.4. The van der Waals surface area contributed by atoms with Crippen molar-refractivity contribution in [2.24, 2.45) is 10.3 Å². The number of rotatable bonds is 12. The summed E-state index contributed by atoms with van der Waals surface area (Å²) in [5.74, 6) is 0.420. The largest absolute Gasteiger partial charge is 0.496 e. The van der Waals surface area contributed by atoms with Crippen molar-refractivity contribution < 1.29 is 38.2 Å². The van der Waals surface area contributed by atoms with Crippen molar-refractivity contribution in [3.8, 4) is 5.75 Å². The predicted octanol–water partition coefficient (Wildman–Crippen LogP) is 5.00. The number of carbonyl (C=O) groups excluding carboxylic acids is 1. The molecule has 4 aliphatic rings. The van der Waals surface area contributed by atoms with Gasteiger partial charge in [0.05, 0.1) is 51.7 Å². The lowest BCUT2D eigenvalue weighted by Crippen LogP contribution is -2.55. The molecule has 3 saturated heterocycles. The van der Waals surface area contributed by atoms with Gasteiger partial charge in [0.2, 0.25) is 6.61 Å². The van der Waals surface area contributed by atoms with Crippen LogP contribution in [0.15, 0.2) is 57.7 Å². The molecule has 280 valence electrons. The molecule has 0 amide bonds. The Bertz CT molecular complexity index is 1500. The zero-order valence-electron chi connectivity index (χ0n) is 31.0. The van der Waals surface area contributed by atoms with Gasteiger partial charge in [-0.15, -0.1) is 11.8 Å². The molecule has 0 N–H and O–H groups in total. The van der Waals surface area contributed by atoms with Crippen molar-refractivity contribution in [3.05, 3.63) is 59.2 Å². The van der Waals surface area contributed by atoms with Gasteiger partial charge in [-0.25, -0.2) is 4.79 Å². The lowest BCUT2D eigenvalue weighted by atomic mass is 9.88. The fourth-order valence-electron chi connectivity index (χ4n) is 7.09. The van der Waals surface area contributed by atoms with Gasteiger partial charge in [0.1, 0.15) is 17.2 Å². The van der Waals surface area contributed by atoms with E-state index >= 15 is 0 Å². The summed E-state index contributed by atoms with van der Waals surface area (Å²) < 4.78 is 26.6. The van der Waals surface area contributed by atoms with E-state index in [1.165, 1.54) is 31.9 Å². The topological polar surface area (TPSA) is 113 Å². The molecule has 0 bridgehead atoms. The molecule has 0 aromatic heterocycles. The molecule has 3 aliphatic heterocycles. The van der Waals surface area contributed by atoms with E-state index in [1.807, 2.05) is 12.1 Å². The first-order valence-corrected chi connectivity index (χ1v) is 19.0. The van der Waals surface area contributed by atoms with Gasteiger partial charge >= 0.3 is 5.97 Å². The highest BCUT2D eigenvalue weighted by molar-refractivity contribution is 7.98. The van der Waals surface area contributed by atoms with Gasteiger partial charge < -0.3 is 33.4 Å². The number of benzene rings is 2. The minimum atomic E-state index is -0.436. The summed E-state index contributed by atoms with van der Waals surface area (Å²) in [6.07, 6.45) is 6.32. The molecule has 51 heavy (non-hydrogen) atoms. The molecule has 1 atom stereocenters. The minimum absolute atomic E-state index is 0.179. The van der Waals surface area contributed by atoms with E-state index in [4.69, 9.17) is 28.6 Å². The normalized spacial score (nSPS) is 22.6. The number of esters is 1. The van der Waals surface area contributed by atoms with E-state index in [9.17, 15) is 4.79 Å². The highest BCUT2D eigenvalue weighted by Gasteiger charge is 2.45. The predicted molar refractivity (Wildman–Crippen MR) is 198 cm³/mol. The SMILES string of the molecule is COC(=O)CON=C1c2ccccc2CC1(C)N1CCOCC1.COc1cc(C(=NOCC2OCCO2)C(C)(C)N2CCCCC2)ccc1SC. The van der Waals surface area contributed by atoms with Crippen LogP contribution in [0.3, 0.4) is 0 Å². The van der Waals surface area contributed by atoms with Crippen molar-refractivity contribution in [2.45, 2.75) is 68.7 Å². The van der Waals surface area contributed by atoms with Gasteiger partial charge in [-0.3, -0.25) is 9.80 Å². The molecule has 3 heterocycles. The Labute approximate surface area is 306 Å². The van der Waals surface area contributed by atoms with Crippen LogP contribution in [0, 0.1) is 0 Å². The summed E-state index contributed by atoms with van der Waals surface area (Å²) in [5.41, 5.74) is 4.62. The Balaban J connectivity index is 0.000000201. The number of nitrogens with zero attached hydrogens (tertiary/aromatic N) is 4. The van der Waals surface area contributed by atoms with Crippen molar-refractivity contribution >= 4 is 29.2 Å². The summed E-state index contributed by atoms with van der Waals surface area (Å²) in [6, 6.07) is 14.5. The first-order chi connectivity index (χ1) is 24.7. The molecular weight excluding hydrogens is 673 g/mol. The molecule has 2 aromatic carbocycles. The van der Waals surface area contributed by atoms with E-state index in [0.29, 0.717) is 19.8 Å². The van der Waals surface area contributed by atoms with Crippen LogP contribution in [0.5, 0.6) is 5.75 Å². The molecule has 6 rings (SSSR count). The molecule has 1 aliphatic carbocycles. The zero-order valence-corrected chi connectivity index (χ0v) is 31.8. The number of morpholine rings is 1. The van der Waals surface area contributed by atoms with Crippen LogP contribution in [-0.2, 0) is 39.8 Å². The van der Waals surface area contributed by atoms with E-state index in [-0.39, 0.29) is 24.0 Å². The zero-order chi connectivity index (χ0) is 36.3. The van der Waals surface area contributed by atoms with E-state index in [1.54, 1.807) is 18.9 Å². The van der Waals surface area contributed by atoms with Crippen LogP contribution in [0.25, 0.3) is 0 Å². The van der Waals surface area contributed by atoms with Crippen LogP contribution in [0.2, 0.25) is 0 Å². The van der Waals surface area contributed by atoms with Crippen LogP contribution in [0.1, 0.15) is 56.7 Å². The highest BCUT2D eigenvalue weighted by atomic mass is 32.2. The lowest BCUT2D eigenvalue weighted by Gasteiger charge is -2.41. The Hall–Kier alpha value is -3.20. The molecule has 13 heteroatoms. The Morgan fingerprint density at radius 3 is 2.39 bits per heavy atom. The second kappa shape index (κ2) is 18.5. The number of thioether (sulfide) groups is 1. The van der Waals surface area contributed by atoms with Gasteiger partial charge in [0, 0.05) is 29.1 Å². The molecule has 0 radical (unpaired) electrons. The smallest absolute Gasteiger partial charge is 0.346 e. The number of fused-ring (bicyclic) bond motifs is 1.